The molecule has 30 heavy (non-hydrogen) atoms. The fourth-order valence-corrected chi connectivity index (χ4v) is 5.02. The van der Waals surface area contributed by atoms with Crippen molar-refractivity contribution in [3.63, 3.8) is 0 Å². The molecule has 0 spiro atoms. The number of likely N-dealkylation sites (N-methyl/N-ethyl adjacent to an activating group) is 1. The number of amides is 1. The van der Waals surface area contributed by atoms with Gasteiger partial charge < -0.3 is 15.2 Å². The smallest absolute Gasteiger partial charge is 0.256 e. The largest absolute Gasteiger partial charge is 0.358 e. The summed E-state index contributed by atoms with van der Waals surface area (Å²) in [6.07, 6.45) is 7.24. The molecule has 1 aromatic carbocycles. The van der Waals surface area contributed by atoms with Crippen LogP contribution in [-0.4, -0.2) is 51.9 Å². The van der Waals surface area contributed by atoms with E-state index in [1.165, 1.54) is 42.8 Å². The van der Waals surface area contributed by atoms with E-state index in [-0.39, 0.29) is 10.8 Å². The first-order chi connectivity index (χ1) is 14.3. The Kier molecular flexibility index (Phi) is 5.57. The van der Waals surface area contributed by atoms with Crippen molar-refractivity contribution >= 4 is 33.3 Å². The third-order valence-electron chi connectivity index (χ3n) is 5.89. The third-order valence-corrected chi connectivity index (χ3v) is 7.31. The summed E-state index contributed by atoms with van der Waals surface area (Å²) in [7, 11) is 1.90. The lowest BCUT2D eigenvalue weighted by molar-refractivity contribution is -0.110. The molecule has 0 atom stereocenters. The number of aromatic amines is 1. The highest BCUT2D eigenvalue weighted by Gasteiger charge is 2.28. The molecule has 0 unspecified atom stereocenters. The minimum absolute atomic E-state index is 0.143. The molecular formula is C22H28N4O3S. The van der Waals surface area contributed by atoms with Gasteiger partial charge >= 0.3 is 0 Å². The van der Waals surface area contributed by atoms with Crippen LogP contribution in [0.1, 0.15) is 40.9 Å². The van der Waals surface area contributed by atoms with E-state index < -0.39 is 10.0 Å². The zero-order valence-corrected chi connectivity index (χ0v) is 18.4. The van der Waals surface area contributed by atoms with Gasteiger partial charge in [0, 0.05) is 29.2 Å². The molecule has 0 saturated carbocycles. The Morgan fingerprint density at radius 3 is 2.70 bits per heavy atom. The Balaban J connectivity index is 1.80. The molecule has 0 radical (unpaired) electrons. The second kappa shape index (κ2) is 8.02. The maximum Gasteiger partial charge on any atom is 0.256 e. The number of carbonyl (C=O) groups excluding carboxylic acids is 1. The number of benzene rings is 1. The van der Waals surface area contributed by atoms with E-state index in [2.05, 4.69) is 34.0 Å². The number of aromatic nitrogens is 1. The summed E-state index contributed by atoms with van der Waals surface area (Å²) < 4.78 is 26.8. The molecule has 1 amide bonds. The van der Waals surface area contributed by atoms with Crippen molar-refractivity contribution in [1.29, 1.82) is 0 Å². The summed E-state index contributed by atoms with van der Waals surface area (Å²) >= 11 is 0. The number of fused-ring (bicyclic) bond motifs is 2. The van der Waals surface area contributed by atoms with E-state index in [9.17, 15) is 13.2 Å². The maximum atomic E-state index is 12.7. The van der Waals surface area contributed by atoms with Gasteiger partial charge in [-0.15, -0.1) is 0 Å². The Hall–Kier alpha value is -2.42. The number of anilines is 1. The second-order valence-electron chi connectivity index (χ2n) is 8.16. The number of hydrogen-bond donors (Lipinski definition) is 3. The summed E-state index contributed by atoms with van der Waals surface area (Å²) in [5.41, 5.74) is 6.62. The number of aryl methyl sites for hydroxylation is 1. The van der Waals surface area contributed by atoms with Crippen molar-refractivity contribution in [2.24, 2.45) is 0 Å². The zero-order chi connectivity index (χ0) is 21.5. The predicted molar refractivity (Wildman–Crippen MR) is 119 cm³/mol. The quantitative estimate of drug-likeness (QED) is 0.616. The van der Waals surface area contributed by atoms with Crippen molar-refractivity contribution in [3.8, 4) is 0 Å². The van der Waals surface area contributed by atoms with Crippen LogP contribution in [-0.2, 0) is 34.1 Å². The first-order valence-corrected chi connectivity index (χ1v) is 11.8. The summed E-state index contributed by atoms with van der Waals surface area (Å²) in [6.45, 7) is 0.924. The number of nitrogens with one attached hydrogen (secondary N) is 3. The molecule has 1 aliphatic carbocycles. The average Bonchev–Trinajstić information content (AvgIpc) is 3.23. The molecule has 1 aliphatic heterocycles. The Morgan fingerprint density at radius 1 is 1.20 bits per heavy atom. The number of H-pyrrole nitrogens is 1. The fraction of sp³-hybridized carbons (Fsp3) is 0.409. The van der Waals surface area contributed by atoms with Gasteiger partial charge in [-0.05, 0) is 88.6 Å². The number of rotatable bonds is 6. The van der Waals surface area contributed by atoms with E-state index in [4.69, 9.17) is 0 Å². The molecule has 4 rings (SSSR count). The Labute approximate surface area is 177 Å². The van der Waals surface area contributed by atoms with Crippen molar-refractivity contribution in [1.82, 2.24) is 14.6 Å². The third kappa shape index (κ3) is 3.82. The lowest BCUT2D eigenvalue weighted by atomic mass is 9.92. The van der Waals surface area contributed by atoms with Crippen LogP contribution in [0.15, 0.2) is 23.1 Å². The highest BCUT2D eigenvalue weighted by Crippen LogP contribution is 2.36. The lowest BCUT2D eigenvalue weighted by Gasteiger charge is -2.14. The van der Waals surface area contributed by atoms with Gasteiger partial charge in [-0.2, -0.15) is 0 Å². The molecule has 3 N–H and O–H groups in total. The van der Waals surface area contributed by atoms with Gasteiger partial charge in [0.15, 0.2) is 0 Å². The topological polar surface area (TPSA) is 94.3 Å². The molecule has 8 heteroatoms. The van der Waals surface area contributed by atoms with E-state index in [1.807, 2.05) is 6.08 Å². The molecule has 160 valence electrons. The van der Waals surface area contributed by atoms with Gasteiger partial charge in [-0.3, -0.25) is 4.79 Å². The van der Waals surface area contributed by atoms with E-state index >= 15 is 0 Å². The van der Waals surface area contributed by atoms with Gasteiger partial charge in [0.25, 0.3) is 5.91 Å². The highest BCUT2D eigenvalue weighted by molar-refractivity contribution is 7.89. The molecule has 0 bridgehead atoms. The van der Waals surface area contributed by atoms with Crippen LogP contribution in [0.3, 0.4) is 0 Å². The molecular weight excluding hydrogens is 400 g/mol. The van der Waals surface area contributed by atoms with Gasteiger partial charge in [-0.1, -0.05) is 0 Å². The molecule has 0 fully saturated rings. The molecule has 7 nitrogen and oxygen atoms in total. The maximum absolute atomic E-state index is 12.7. The van der Waals surface area contributed by atoms with Crippen LogP contribution in [0.25, 0.3) is 11.6 Å². The van der Waals surface area contributed by atoms with Gasteiger partial charge in [-0.25, -0.2) is 13.1 Å². The highest BCUT2D eigenvalue weighted by atomic mass is 32.2. The lowest BCUT2D eigenvalue weighted by Crippen LogP contribution is -2.18. The van der Waals surface area contributed by atoms with Crippen LogP contribution in [0, 0.1) is 0 Å². The Bertz CT molecular complexity index is 1130. The van der Waals surface area contributed by atoms with Crippen molar-refractivity contribution < 1.29 is 13.2 Å². The standard InChI is InChI=1S/C22H28N4O3S/c1-23-30(28,29)14-8-9-20-17(12-14)18(22(27)25-20)13-21-16(10-11-26(2)3)15-6-4-5-7-19(15)24-21/h8-9,12-13,23-24H,4-7,10-11H2,1-3H3,(H,25,27)/b18-13+. The summed E-state index contributed by atoms with van der Waals surface area (Å²) in [5, 5.41) is 2.85. The number of hydrogen-bond acceptors (Lipinski definition) is 4. The second-order valence-corrected chi connectivity index (χ2v) is 10.0. The van der Waals surface area contributed by atoms with Crippen molar-refractivity contribution in [2.45, 2.75) is 37.0 Å². The number of nitrogens with zero attached hydrogens (tertiary/aromatic N) is 1. The summed E-state index contributed by atoms with van der Waals surface area (Å²) in [4.78, 5) is 18.6. The minimum Gasteiger partial charge on any atom is -0.358 e. The average molecular weight is 429 g/mol. The molecule has 2 heterocycles. The van der Waals surface area contributed by atoms with Crippen molar-refractivity contribution in [3.05, 3.63) is 46.3 Å². The Morgan fingerprint density at radius 2 is 1.97 bits per heavy atom. The minimum atomic E-state index is -3.59. The summed E-state index contributed by atoms with van der Waals surface area (Å²) in [5.74, 6) is -0.213. The summed E-state index contributed by atoms with van der Waals surface area (Å²) in [6, 6.07) is 4.71. The van der Waals surface area contributed by atoms with E-state index in [1.54, 1.807) is 12.1 Å². The van der Waals surface area contributed by atoms with Gasteiger partial charge in [0.1, 0.15) is 0 Å². The zero-order valence-electron chi connectivity index (χ0n) is 17.6. The van der Waals surface area contributed by atoms with Crippen LogP contribution in [0.2, 0.25) is 0 Å². The molecule has 0 saturated heterocycles. The monoisotopic (exact) mass is 428 g/mol. The van der Waals surface area contributed by atoms with E-state index in [0.717, 1.165) is 31.5 Å². The number of sulfonamides is 1. The van der Waals surface area contributed by atoms with Crippen LogP contribution in [0.5, 0.6) is 0 Å². The van der Waals surface area contributed by atoms with Crippen LogP contribution in [0.4, 0.5) is 5.69 Å². The molecule has 2 aliphatic rings. The van der Waals surface area contributed by atoms with Gasteiger partial charge in [0.2, 0.25) is 10.0 Å². The SMILES string of the molecule is CNS(=O)(=O)c1ccc2c(c1)/C(=C\c1[nH]c3c(c1CCN(C)C)CCCC3)C(=O)N2. The molecule has 2 aromatic rings. The fourth-order valence-electron chi connectivity index (χ4n) is 4.26. The van der Waals surface area contributed by atoms with Crippen LogP contribution < -0.4 is 10.0 Å². The van der Waals surface area contributed by atoms with Crippen LogP contribution >= 0.6 is 0 Å². The number of carbonyl (C=O) groups is 1. The van der Waals surface area contributed by atoms with E-state index in [0.29, 0.717) is 16.8 Å². The normalized spacial score (nSPS) is 17.3. The molecule has 1 aromatic heterocycles. The van der Waals surface area contributed by atoms with Crippen molar-refractivity contribution in [2.75, 3.05) is 33.0 Å². The first kappa shape index (κ1) is 20.8. The first-order valence-electron chi connectivity index (χ1n) is 10.3. The predicted octanol–water partition coefficient (Wildman–Crippen LogP) is 2.40. The van der Waals surface area contributed by atoms with Gasteiger partial charge in [0.05, 0.1) is 10.5 Å².